The minimum absolute atomic E-state index is 0.199. The lowest BCUT2D eigenvalue weighted by atomic mass is 10.0. The van der Waals surface area contributed by atoms with Crippen molar-refractivity contribution in [1.82, 2.24) is 0 Å². The largest absolute Gasteiger partial charge is 0.488 e. The molecule has 0 saturated carbocycles. The Morgan fingerprint density at radius 1 is 1.00 bits per heavy atom. The molecular formula is C17H19NO2. The molecule has 0 bridgehead atoms. The number of hydrogen-bond donors (Lipinski definition) is 1. The Morgan fingerprint density at radius 2 is 1.65 bits per heavy atom. The first-order valence-corrected chi connectivity index (χ1v) is 6.99. The first-order valence-electron chi connectivity index (χ1n) is 6.99. The van der Waals surface area contributed by atoms with E-state index in [1.165, 1.54) is 11.1 Å². The van der Waals surface area contributed by atoms with Crippen LogP contribution in [0.1, 0.15) is 12.0 Å². The molecule has 0 radical (unpaired) electrons. The third-order valence-electron chi connectivity index (χ3n) is 3.57. The predicted octanol–water partition coefficient (Wildman–Crippen LogP) is 2.98. The van der Waals surface area contributed by atoms with E-state index in [4.69, 9.17) is 15.2 Å². The lowest BCUT2D eigenvalue weighted by molar-refractivity contribution is 0.141. The number of rotatable bonds is 4. The van der Waals surface area contributed by atoms with E-state index in [2.05, 4.69) is 36.4 Å². The molecule has 3 heteroatoms. The van der Waals surface area contributed by atoms with E-state index in [0.29, 0.717) is 13.2 Å². The Bertz CT molecular complexity index is 542. The van der Waals surface area contributed by atoms with Crippen LogP contribution in [-0.4, -0.2) is 19.3 Å². The molecule has 104 valence electrons. The summed E-state index contributed by atoms with van der Waals surface area (Å²) in [7, 11) is 0. The second-order valence-corrected chi connectivity index (χ2v) is 5.03. The summed E-state index contributed by atoms with van der Waals surface area (Å²) >= 11 is 0. The van der Waals surface area contributed by atoms with Crippen LogP contribution in [-0.2, 0) is 11.3 Å². The summed E-state index contributed by atoms with van der Waals surface area (Å²) in [6, 6.07) is 16.5. The summed E-state index contributed by atoms with van der Waals surface area (Å²) in [4.78, 5) is 0. The third-order valence-corrected chi connectivity index (χ3v) is 3.57. The molecule has 0 amide bonds. The highest BCUT2D eigenvalue weighted by Gasteiger charge is 2.16. The summed E-state index contributed by atoms with van der Waals surface area (Å²) in [6.45, 7) is 2.08. The normalized spacial score (nSPS) is 18.1. The van der Waals surface area contributed by atoms with Gasteiger partial charge in [-0.15, -0.1) is 0 Å². The highest BCUT2D eigenvalue weighted by atomic mass is 16.5. The van der Waals surface area contributed by atoms with Crippen LogP contribution in [0.4, 0.5) is 0 Å². The van der Waals surface area contributed by atoms with Crippen LogP contribution in [0.25, 0.3) is 11.1 Å². The average Bonchev–Trinajstić information content (AvgIpc) is 3.01. The van der Waals surface area contributed by atoms with Gasteiger partial charge < -0.3 is 15.2 Å². The fraction of sp³-hybridized carbons (Fsp3) is 0.294. The van der Waals surface area contributed by atoms with E-state index in [1.54, 1.807) is 0 Å². The first-order chi connectivity index (χ1) is 9.85. The molecule has 1 unspecified atom stereocenters. The highest BCUT2D eigenvalue weighted by molar-refractivity contribution is 5.64. The van der Waals surface area contributed by atoms with Gasteiger partial charge >= 0.3 is 0 Å². The van der Waals surface area contributed by atoms with Crippen molar-refractivity contribution in [1.29, 1.82) is 0 Å². The predicted molar refractivity (Wildman–Crippen MR) is 79.6 cm³/mol. The molecule has 0 aliphatic carbocycles. The van der Waals surface area contributed by atoms with Crippen LogP contribution in [0.15, 0.2) is 48.5 Å². The van der Waals surface area contributed by atoms with Crippen LogP contribution in [0.2, 0.25) is 0 Å². The van der Waals surface area contributed by atoms with Gasteiger partial charge in [0.15, 0.2) is 0 Å². The SMILES string of the molecule is NCc1ccc(-c2ccc(OC3CCOC3)cc2)cc1. The van der Waals surface area contributed by atoms with Gasteiger partial charge in [-0.3, -0.25) is 0 Å². The fourth-order valence-corrected chi connectivity index (χ4v) is 2.36. The van der Waals surface area contributed by atoms with E-state index in [-0.39, 0.29) is 6.10 Å². The zero-order valence-corrected chi connectivity index (χ0v) is 11.4. The van der Waals surface area contributed by atoms with Crippen molar-refractivity contribution in [3.05, 3.63) is 54.1 Å². The van der Waals surface area contributed by atoms with Gasteiger partial charge in [-0.2, -0.15) is 0 Å². The van der Waals surface area contributed by atoms with Gasteiger partial charge in [-0.05, 0) is 28.8 Å². The summed E-state index contributed by atoms with van der Waals surface area (Å²) in [5, 5.41) is 0. The first kappa shape index (κ1) is 13.2. The summed E-state index contributed by atoms with van der Waals surface area (Å²) in [6.07, 6.45) is 1.17. The minimum atomic E-state index is 0.199. The second kappa shape index (κ2) is 6.07. The van der Waals surface area contributed by atoms with Crippen molar-refractivity contribution in [3.8, 4) is 16.9 Å². The molecule has 20 heavy (non-hydrogen) atoms. The molecule has 0 spiro atoms. The monoisotopic (exact) mass is 269 g/mol. The fourth-order valence-electron chi connectivity index (χ4n) is 2.36. The van der Waals surface area contributed by atoms with Crippen LogP contribution < -0.4 is 10.5 Å². The van der Waals surface area contributed by atoms with Crippen molar-refractivity contribution < 1.29 is 9.47 Å². The average molecular weight is 269 g/mol. The topological polar surface area (TPSA) is 44.5 Å². The summed E-state index contributed by atoms with van der Waals surface area (Å²) < 4.78 is 11.2. The molecule has 0 aromatic heterocycles. The maximum Gasteiger partial charge on any atom is 0.124 e. The van der Waals surface area contributed by atoms with E-state index in [0.717, 1.165) is 24.3 Å². The molecule has 1 aliphatic rings. The maximum absolute atomic E-state index is 5.86. The molecule has 2 aromatic carbocycles. The van der Waals surface area contributed by atoms with Crippen molar-refractivity contribution in [2.24, 2.45) is 5.73 Å². The van der Waals surface area contributed by atoms with Crippen LogP contribution >= 0.6 is 0 Å². The Morgan fingerprint density at radius 3 is 2.20 bits per heavy atom. The molecular weight excluding hydrogens is 250 g/mol. The molecule has 1 atom stereocenters. The zero-order chi connectivity index (χ0) is 13.8. The van der Waals surface area contributed by atoms with Crippen LogP contribution in [0.5, 0.6) is 5.75 Å². The van der Waals surface area contributed by atoms with Crippen molar-refractivity contribution in [3.63, 3.8) is 0 Å². The molecule has 1 fully saturated rings. The molecule has 3 nitrogen and oxygen atoms in total. The Balaban J connectivity index is 1.71. The highest BCUT2D eigenvalue weighted by Crippen LogP contribution is 2.24. The quantitative estimate of drug-likeness (QED) is 0.928. The smallest absolute Gasteiger partial charge is 0.124 e. The van der Waals surface area contributed by atoms with Crippen molar-refractivity contribution in [2.45, 2.75) is 19.1 Å². The van der Waals surface area contributed by atoms with Crippen molar-refractivity contribution >= 4 is 0 Å². The van der Waals surface area contributed by atoms with Gasteiger partial charge in [-0.1, -0.05) is 36.4 Å². The lowest BCUT2D eigenvalue weighted by Gasteiger charge is -2.12. The number of benzene rings is 2. The van der Waals surface area contributed by atoms with E-state index in [9.17, 15) is 0 Å². The number of hydrogen-bond acceptors (Lipinski definition) is 3. The second-order valence-electron chi connectivity index (χ2n) is 5.03. The standard InChI is InChI=1S/C17H19NO2/c18-11-13-1-3-14(4-2-13)15-5-7-16(8-6-15)20-17-9-10-19-12-17/h1-8,17H,9-12,18H2. The molecule has 3 rings (SSSR count). The summed E-state index contributed by atoms with van der Waals surface area (Å²) in [5.41, 5.74) is 9.13. The molecule has 1 aliphatic heterocycles. The third kappa shape index (κ3) is 3.00. The Kier molecular flexibility index (Phi) is 4.00. The van der Waals surface area contributed by atoms with E-state index in [1.807, 2.05) is 12.1 Å². The lowest BCUT2D eigenvalue weighted by Crippen LogP contribution is -2.15. The van der Waals surface area contributed by atoms with Crippen molar-refractivity contribution in [2.75, 3.05) is 13.2 Å². The molecule has 1 heterocycles. The van der Waals surface area contributed by atoms with Gasteiger partial charge in [0, 0.05) is 13.0 Å². The Labute approximate surface area is 119 Å². The van der Waals surface area contributed by atoms with Gasteiger partial charge in [0.1, 0.15) is 11.9 Å². The maximum atomic E-state index is 5.86. The van der Waals surface area contributed by atoms with Crippen LogP contribution in [0, 0.1) is 0 Å². The van der Waals surface area contributed by atoms with Gasteiger partial charge in [0.25, 0.3) is 0 Å². The number of nitrogens with two attached hydrogens (primary N) is 1. The number of ether oxygens (including phenoxy) is 2. The molecule has 2 N–H and O–H groups in total. The Hall–Kier alpha value is -1.84. The van der Waals surface area contributed by atoms with Gasteiger partial charge in [0.05, 0.1) is 13.2 Å². The van der Waals surface area contributed by atoms with E-state index >= 15 is 0 Å². The molecule has 2 aromatic rings. The zero-order valence-electron chi connectivity index (χ0n) is 11.4. The van der Waals surface area contributed by atoms with Gasteiger partial charge in [0.2, 0.25) is 0 Å². The minimum Gasteiger partial charge on any atom is -0.488 e. The van der Waals surface area contributed by atoms with Crippen LogP contribution in [0.3, 0.4) is 0 Å². The van der Waals surface area contributed by atoms with Gasteiger partial charge in [-0.25, -0.2) is 0 Å². The van der Waals surface area contributed by atoms with E-state index < -0.39 is 0 Å². The molecule has 1 saturated heterocycles. The summed E-state index contributed by atoms with van der Waals surface area (Å²) in [5.74, 6) is 0.905.